The second-order valence-electron chi connectivity index (χ2n) is 7.11. The molecule has 0 unspecified atom stereocenters. The maximum absolute atomic E-state index is 6.36. The first-order valence-corrected chi connectivity index (χ1v) is 9.70. The van der Waals surface area contributed by atoms with E-state index < -0.39 is 0 Å². The maximum atomic E-state index is 6.36. The molecule has 4 rings (SSSR count). The molecule has 144 valence electrons. The Labute approximate surface area is 170 Å². The Balaban J connectivity index is 1.54. The van der Waals surface area contributed by atoms with Crippen LogP contribution in [0.5, 0.6) is 11.5 Å². The smallest absolute Gasteiger partial charge is 0.162 e. The van der Waals surface area contributed by atoms with Gasteiger partial charge in [-0.1, -0.05) is 29.8 Å². The van der Waals surface area contributed by atoms with Crippen LogP contribution in [0.15, 0.2) is 60.8 Å². The lowest BCUT2D eigenvalue weighted by atomic mass is 9.95. The third kappa shape index (κ3) is 3.65. The minimum absolute atomic E-state index is 0.131. The topological polar surface area (TPSA) is 43.4 Å². The molecule has 0 atom stereocenters. The zero-order valence-corrected chi connectivity index (χ0v) is 16.8. The van der Waals surface area contributed by atoms with E-state index in [0.717, 1.165) is 52.9 Å². The number of hydrogen-bond acceptors (Lipinski definition) is 4. The second kappa shape index (κ2) is 7.72. The maximum Gasteiger partial charge on any atom is 0.162 e. The van der Waals surface area contributed by atoms with E-state index in [4.69, 9.17) is 21.1 Å². The quantitative estimate of drug-likeness (QED) is 0.569. The lowest BCUT2D eigenvalue weighted by molar-refractivity contribution is 0.355. The molecular formula is C23H23ClN2O2. The molecule has 4 nitrogen and oxygen atoms in total. The fourth-order valence-electron chi connectivity index (χ4n) is 3.51. The van der Waals surface area contributed by atoms with Gasteiger partial charge in [0.1, 0.15) is 0 Å². The van der Waals surface area contributed by atoms with Gasteiger partial charge in [0.25, 0.3) is 0 Å². The molecule has 1 aliphatic carbocycles. The van der Waals surface area contributed by atoms with Crippen molar-refractivity contribution in [2.24, 2.45) is 0 Å². The predicted molar refractivity (Wildman–Crippen MR) is 114 cm³/mol. The highest BCUT2D eigenvalue weighted by Gasteiger charge is 2.44. The number of ether oxygens (including phenoxy) is 2. The van der Waals surface area contributed by atoms with Crippen molar-refractivity contribution in [3.05, 3.63) is 71.4 Å². The van der Waals surface area contributed by atoms with Crippen LogP contribution in [0, 0.1) is 0 Å². The predicted octanol–water partition coefficient (Wildman–Crippen LogP) is 5.56. The molecule has 0 bridgehead atoms. The Morgan fingerprint density at radius 2 is 1.79 bits per heavy atom. The van der Waals surface area contributed by atoms with Gasteiger partial charge in [-0.05, 0) is 48.7 Å². The van der Waals surface area contributed by atoms with Gasteiger partial charge in [-0.3, -0.25) is 4.98 Å². The average Bonchev–Trinajstić information content (AvgIpc) is 3.54. The third-order valence-corrected chi connectivity index (χ3v) is 5.72. The lowest BCUT2D eigenvalue weighted by Crippen LogP contribution is -2.19. The van der Waals surface area contributed by atoms with Crippen molar-refractivity contribution in [1.29, 1.82) is 0 Å². The average molecular weight is 395 g/mol. The van der Waals surface area contributed by atoms with Crippen LogP contribution in [0.25, 0.3) is 11.3 Å². The van der Waals surface area contributed by atoms with E-state index in [1.807, 2.05) is 48.7 Å². The minimum Gasteiger partial charge on any atom is -0.493 e. The van der Waals surface area contributed by atoms with E-state index in [-0.39, 0.29) is 5.41 Å². The zero-order chi connectivity index (χ0) is 19.6. The van der Waals surface area contributed by atoms with Crippen molar-refractivity contribution < 1.29 is 9.47 Å². The molecule has 1 saturated carbocycles. The number of hydrogen-bond donors (Lipinski definition) is 1. The number of aromatic nitrogens is 1. The van der Waals surface area contributed by atoms with Crippen molar-refractivity contribution in [2.75, 3.05) is 26.1 Å². The van der Waals surface area contributed by atoms with Gasteiger partial charge >= 0.3 is 0 Å². The summed E-state index contributed by atoms with van der Waals surface area (Å²) < 4.78 is 10.7. The molecule has 0 saturated heterocycles. The summed E-state index contributed by atoms with van der Waals surface area (Å²) in [4.78, 5) is 4.54. The summed E-state index contributed by atoms with van der Waals surface area (Å²) in [5.74, 6) is 1.45. The van der Waals surface area contributed by atoms with Crippen molar-refractivity contribution in [2.45, 2.75) is 18.3 Å². The molecule has 1 heterocycles. The fraction of sp³-hybridized carbons (Fsp3) is 0.261. The Morgan fingerprint density at radius 1 is 1.00 bits per heavy atom. The van der Waals surface area contributed by atoms with Crippen LogP contribution in [0.1, 0.15) is 18.4 Å². The first-order valence-electron chi connectivity index (χ1n) is 9.32. The van der Waals surface area contributed by atoms with Gasteiger partial charge in [0.05, 0.1) is 19.9 Å². The second-order valence-corrected chi connectivity index (χ2v) is 7.52. The summed E-state index contributed by atoms with van der Waals surface area (Å²) in [5, 5.41) is 4.28. The van der Waals surface area contributed by atoms with Crippen molar-refractivity contribution >= 4 is 17.3 Å². The number of methoxy groups -OCH3 is 2. The van der Waals surface area contributed by atoms with Crippen LogP contribution in [0.2, 0.25) is 5.02 Å². The first kappa shape index (κ1) is 18.6. The third-order valence-electron chi connectivity index (χ3n) is 5.39. The molecule has 0 aliphatic heterocycles. The molecule has 28 heavy (non-hydrogen) atoms. The van der Waals surface area contributed by atoms with E-state index in [2.05, 4.69) is 22.4 Å². The van der Waals surface area contributed by atoms with Gasteiger partial charge in [0, 0.05) is 40.5 Å². The van der Waals surface area contributed by atoms with Gasteiger partial charge in [-0.2, -0.15) is 0 Å². The van der Waals surface area contributed by atoms with Crippen molar-refractivity contribution in [1.82, 2.24) is 4.98 Å². The van der Waals surface area contributed by atoms with Crippen LogP contribution in [0.3, 0.4) is 0 Å². The number of nitrogens with one attached hydrogen (secondary N) is 1. The Morgan fingerprint density at radius 3 is 2.50 bits per heavy atom. The van der Waals surface area contributed by atoms with Crippen LogP contribution < -0.4 is 14.8 Å². The van der Waals surface area contributed by atoms with Crippen LogP contribution >= 0.6 is 11.6 Å². The molecule has 1 N–H and O–H groups in total. The zero-order valence-electron chi connectivity index (χ0n) is 16.0. The first-order chi connectivity index (χ1) is 13.6. The molecular weight excluding hydrogens is 372 g/mol. The number of benzene rings is 2. The number of pyridine rings is 1. The molecule has 1 aliphatic rings. The Hall–Kier alpha value is -2.72. The van der Waals surface area contributed by atoms with Crippen molar-refractivity contribution in [3.8, 4) is 22.8 Å². The number of nitrogens with zero attached hydrogens (tertiary/aromatic N) is 1. The highest BCUT2D eigenvalue weighted by atomic mass is 35.5. The van der Waals surface area contributed by atoms with E-state index in [0.29, 0.717) is 0 Å². The largest absolute Gasteiger partial charge is 0.493 e. The fourth-order valence-corrected chi connectivity index (χ4v) is 3.75. The van der Waals surface area contributed by atoms with Crippen molar-refractivity contribution in [3.63, 3.8) is 0 Å². The summed E-state index contributed by atoms with van der Waals surface area (Å²) in [6, 6.07) is 18.0. The van der Waals surface area contributed by atoms with E-state index in [1.54, 1.807) is 14.2 Å². The Kier molecular flexibility index (Phi) is 5.14. The SMILES string of the molecule is COc1ccc(NCC2(c3ccnc(-c4ccccc4Cl)c3)CC2)cc1OC. The van der Waals surface area contributed by atoms with Gasteiger partial charge in [-0.25, -0.2) is 0 Å². The summed E-state index contributed by atoms with van der Waals surface area (Å²) in [5.41, 5.74) is 4.33. The van der Waals surface area contributed by atoms with E-state index >= 15 is 0 Å². The van der Waals surface area contributed by atoms with Gasteiger partial charge in [0.15, 0.2) is 11.5 Å². The standard InChI is InChI=1S/C23H23ClN2O2/c1-27-21-8-7-17(14-22(21)28-2)26-15-23(10-11-23)16-9-12-25-20(13-16)18-5-3-4-6-19(18)24/h3-9,12-14,26H,10-11,15H2,1-2H3. The summed E-state index contributed by atoms with van der Waals surface area (Å²) in [7, 11) is 3.29. The van der Waals surface area contributed by atoms with Gasteiger partial charge < -0.3 is 14.8 Å². The van der Waals surface area contributed by atoms with Crippen LogP contribution in [-0.4, -0.2) is 25.7 Å². The van der Waals surface area contributed by atoms with Crippen LogP contribution in [-0.2, 0) is 5.41 Å². The molecule has 0 amide bonds. The molecule has 5 heteroatoms. The lowest BCUT2D eigenvalue weighted by Gasteiger charge is -2.19. The van der Waals surface area contributed by atoms with E-state index in [1.165, 1.54) is 5.56 Å². The molecule has 1 aromatic heterocycles. The summed E-state index contributed by atoms with van der Waals surface area (Å²) in [6.07, 6.45) is 4.18. The van der Waals surface area contributed by atoms with Gasteiger partial charge in [-0.15, -0.1) is 0 Å². The highest BCUT2D eigenvalue weighted by molar-refractivity contribution is 6.33. The molecule has 1 fully saturated rings. The number of halogens is 1. The number of anilines is 1. The summed E-state index contributed by atoms with van der Waals surface area (Å²) >= 11 is 6.36. The number of rotatable bonds is 7. The Bertz CT molecular complexity index is 986. The monoisotopic (exact) mass is 394 g/mol. The molecule has 2 aromatic carbocycles. The molecule has 0 radical (unpaired) electrons. The summed E-state index contributed by atoms with van der Waals surface area (Å²) in [6.45, 7) is 0.856. The highest BCUT2D eigenvalue weighted by Crippen LogP contribution is 2.49. The molecule has 0 spiro atoms. The normalized spacial score (nSPS) is 14.4. The van der Waals surface area contributed by atoms with E-state index in [9.17, 15) is 0 Å². The molecule has 3 aromatic rings. The minimum atomic E-state index is 0.131. The van der Waals surface area contributed by atoms with Crippen LogP contribution in [0.4, 0.5) is 5.69 Å². The van der Waals surface area contributed by atoms with Gasteiger partial charge in [0.2, 0.25) is 0 Å².